The van der Waals surface area contributed by atoms with Crippen LogP contribution in [0.4, 0.5) is 0 Å². The van der Waals surface area contributed by atoms with Crippen LogP contribution in [0.1, 0.15) is 54.2 Å². The van der Waals surface area contributed by atoms with Gasteiger partial charge in [-0.2, -0.15) is 5.10 Å². The number of nitrogens with zero attached hydrogens (tertiary/aromatic N) is 4. The van der Waals surface area contributed by atoms with E-state index in [1.165, 1.54) is 12.0 Å². The van der Waals surface area contributed by atoms with Gasteiger partial charge in [-0.25, -0.2) is 0 Å². The molecule has 2 aromatic heterocycles. The lowest BCUT2D eigenvalue weighted by atomic mass is 10.1. The van der Waals surface area contributed by atoms with E-state index in [1.807, 2.05) is 25.3 Å². The molecule has 1 saturated heterocycles. The Kier molecular flexibility index (Phi) is 9.55. The van der Waals surface area contributed by atoms with Gasteiger partial charge in [-0.3, -0.25) is 20.4 Å². The maximum absolute atomic E-state index is 10.7. The van der Waals surface area contributed by atoms with E-state index in [4.69, 9.17) is 0 Å². The SMILES string of the molecule is C=Cc1[nH]nc(CNC(O)c2ccnc(CC(=C/CC)/C=C/C=C(\C=N/C)N3CCC3)c2)c1C. The number of likely N-dealkylation sites (tertiary alicyclic amines) is 1. The molecular formula is C27H36N6O. The summed E-state index contributed by atoms with van der Waals surface area (Å²) < 4.78 is 0. The zero-order chi connectivity index (χ0) is 24.3. The number of hydrogen-bond donors (Lipinski definition) is 3. The Morgan fingerprint density at radius 3 is 2.88 bits per heavy atom. The minimum Gasteiger partial charge on any atom is -0.374 e. The summed E-state index contributed by atoms with van der Waals surface area (Å²) in [6, 6.07) is 3.78. The van der Waals surface area contributed by atoms with Gasteiger partial charge >= 0.3 is 0 Å². The Labute approximate surface area is 202 Å². The molecule has 1 aliphatic heterocycles. The van der Waals surface area contributed by atoms with Crippen molar-refractivity contribution in [3.63, 3.8) is 0 Å². The predicted molar refractivity (Wildman–Crippen MR) is 139 cm³/mol. The average molecular weight is 461 g/mol. The fraction of sp³-hybridized carbons (Fsp3) is 0.370. The second kappa shape index (κ2) is 12.8. The van der Waals surface area contributed by atoms with Crippen LogP contribution in [-0.2, 0) is 13.0 Å². The monoisotopic (exact) mass is 460 g/mol. The maximum atomic E-state index is 10.7. The van der Waals surface area contributed by atoms with Gasteiger partial charge in [0.25, 0.3) is 0 Å². The van der Waals surface area contributed by atoms with Crippen LogP contribution in [0.2, 0.25) is 0 Å². The molecule has 0 aliphatic carbocycles. The standard InChI is InChI=1S/C27H36N6O/c1-5-9-21(10-7-11-24(18-28-4)33-14-8-15-33)16-23-17-22(12-13-29-23)27(34)30-19-26-20(3)25(6-2)31-32-26/h6-7,9-13,17-18,27,30,34H,2,5,8,14-16,19H2,1,3-4H3,(H,31,32)/b10-7+,21-9+,24-11+,28-18-. The van der Waals surface area contributed by atoms with E-state index in [0.29, 0.717) is 13.0 Å². The highest BCUT2D eigenvalue weighted by atomic mass is 16.3. The molecular weight excluding hydrogens is 424 g/mol. The number of aromatic nitrogens is 3. The molecule has 2 aromatic rings. The van der Waals surface area contributed by atoms with Gasteiger partial charge < -0.3 is 10.0 Å². The molecule has 3 rings (SSSR count). The Hall–Kier alpha value is -3.29. The smallest absolute Gasteiger partial charge is 0.131 e. The molecule has 7 nitrogen and oxygen atoms in total. The van der Waals surface area contributed by atoms with Crippen molar-refractivity contribution in [2.24, 2.45) is 4.99 Å². The van der Waals surface area contributed by atoms with Crippen LogP contribution in [0.25, 0.3) is 6.08 Å². The van der Waals surface area contributed by atoms with Gasteiger partial charge in [-0.1, -0.05) is 31.7 Å². The van der Waals surface area contributed by atoms with Crippen LogP contribution in [-0.4, -0.2) is 51.5 Å². The Balaban J connectivity index is 1.64. The fourth-order valence-electron chi connectivity index (χ4n) is 3.77. The van der Waals surface area contributed by atoms with Crippen LogP contribution in [0, 0.1) is 6.92 Å². The lowest BCUT2D eigenvalue weighted by molar-refractivity contribution is 0.136. The minimum absolute atomic E-state index is 0.450. The first kappa shape index (κ1) is 25.3. The predicted octanol–water partition coefficient (Wildman–Crippen LogP) is 4.26. The first-order valence-electron chi connectivity index (χ1n) is 11.8. The summed E-state index contributed by atoms with van der Waals surface area (Å²) in [4.78, 5) is 11.0. The summed E-state index contributed by atoms with van der Waals surface area (Å²) in [6.07, 6.45) is 16.0. The number of allylic oxidation sites excluding steroid dienone is 6. The third-order valence-electron chi connectivity index (χ3n) is 5.88. The Bertz CT molecular complexity index is 1070. The van der Waals surface area contributed by atoms with Crippen LogP contribution >= 0.6 is 0 Å². The summed E-state index contributed by atoms with van der Waals surface area (Å²) in [5.41, 5.74) is 6.81. The Morgan fingerprint density at radius 2 is 2.24 bits per heavy atom. The topological polar surface area (TPSA) is 89.4 Å². The van der Waals surface area contributed by atoms with Crippen LogP contribution in [0.5, 0.6) is 0 Å². The van der Waals surface area contributed by atoms with Crippen molar-refractivity contribution in [1.29, 1.82) is 0 Å². The molecule has 34 heavy (non-hydrogen) atoms. The van der Waals surface area contributed by atoms with Crippen molar-refractivity contribution >= 4 is 12.3 Å². The summed E-state index contributed by atoms with van der Waals surface area (Å²) >= 11 is 0. The van der Waals surface area contributed by atoms with Gasteiger partial charge in [0.1, 0.15) is 6.23 Å². The van der Waals surface area contributed by atoms with E-state index in [9.17, 15) is 5.11 Å². The molecule has 0 aromatic carbocycles. The normalized spacial score (nSPS) is 15.8. The van der Waals surface area contributed by atoms with Crippen molar-refractivity contribution in [3.8, 4) is 0 Å². The largest absolute Gasteiger partial charge is 0.374 e. The summed E-state index contributed by atoms with van der Waals surface area (Å²) in [6.45, 7) is 10.5. The van der Waals surface area contributed by atoms with Crippen molar-refractivity contribution in [2.75, 3.05) is 20.1 Å². The van der Waals surface area contributed by atoms with Gasteiger partial charge in [0.05, 0.1) is 17.1 Å². The summed E-state index contributed by atoms with van der Waals surface area (Å²) in [5.74, 6) is 0. The number of aliphatic hydroxyl groups is 1. The van der Waals surface area contributed by atoms with E-state index in [1.54, 1.807) is 19.3 Å². The number of pyridine rings is 1. The first-order valence-corrected chi connectivity index (χ1v) is 11.8. The number of nitrogens with one attached hydrogen (secondary N) is 2. The molecule has 0 spiro atoms. The van der Waals surface area contributed by atoms with Gasteiger partial charge in [-0.15, -0.1) is 0 Å². The average Bonchev–Trinajstić information content (AvgIpc) is 3.16. The molecule has 0 radical (unpaired) electrons. The first-order chi connectivity index (χ1) is 16.5. The highest BCUT2D eigenvalue weighted by Crippen LogP contribution is 2.17. The molecule has 0 amide bonds. The van der Waals surface area contributed by atoms with Crippen LogP contribution < -0.4 is 5.32 Å². The molecule has 1 aliphatic rings. The molecule has 3 N–H and O–H groups in total. The number of aliphatic imine (C=N–C) groups is 1. The van der Waals surface area contributed by atoms with E-state index in [0.717, 1.165) is 53.4 Å². The molecule has 0 bridgehead atoms. The number of aromatic amines is 1. The van der Waals surface area contributed by atoms with Crippen molar-refractivity contribution in [3.05, 3.63) is 88.7 Å². The molecule has 3 heterocycles. The van der Waals surface area contributed by atoms with Crippen LogP contribution in [0.15, 0.2) is 65.5 Å². The zero-order valence-corrected chi connectivity index (χ0v) is 20.5. The van der Waals surface area contributed by atoms with Crippen LogP contribution in [0.3, 0.4) is 0 Å². The fourth-order valence-corrected chi connectivity index (χ4v) is 3.77. The molecule has 1 unspecified atom stereocenters. The number of H-pyrrole nitrogens is 1. The van der Waals surface area contributed by atoms with Crippen molar-refractivity contribution in [2.45, 2.75) is 45.9 Å². The molecule has 7 heteroatoms. The van der Waals surface area contributed by atoms with E-state index >= 15 is 0 Å². The van der Waals surface area contributed by atoms with Crippen molar-refractivity contribution < 1.29 is 5.11 Å². The maximum Gasteiger partial charge on any atom is 0.131 e. The summed E-state index contributed by atoms with van der Waals surface area (Å²) in [5, 5.41) is 21.1. The van der Waals surface area contributed by atoms with Gasteiger partial charge in [0.2, 0.25) is 0 Å². The minimum atomic E-state index is -0.811. The number of aliphatic hydroxyl groups excluding tert-OH is 1. The number of rotatable bonds is 12. The van der Waals surface area contributed by atoms with E-state index < -0.39 is 6.23 Å². The van der Waals surface area contributed by atoms with E-state index in [2.05, 4.69) is 68.2 Å². The summed E-state index contributed by atoms with van der Waals surface area (Å²) in [7, 11) is 1.80. The zero-order valence-electron chi connectivity index (χ0n) is 20.5. The van der Waals surface area contributed by atoms with Gasteiger partial charge in [-0.05, 0) is 60.8 Å². The molecule has 1 atom stereocenters. The number of hydrogen-bond acceptors (Lipinski definition) is 6. The molecule has 1 fully saturated rings. The van der Waals surface area contributed by atoms with Gasteiger partial charge in [0.15, 0.2) is 0 Å². The second-order valence-corrected chi connectivity index (χ2v) is 8.32. The Morgan fingerprint density at radius 1 is 1.41 bits per heavy atom. The third-order valence-corrected chi connectivity index (χ3v) is 5.88. The quantitative estimate of drug-likeness (QED) is 0.250. The second-order valence-electron chi connectivity index (χ2n) is 8.32. The lowest BCUT2D eigenvalue weighted by Crippen LogP contribution is -2.36. The molecule has 0 saturated carbocycles. The van der Waals surface area contributed by atoms with Gasteiger partial charge in [0, 0.05) is 51.2 Å². The lowest BCUT2D eigenvalue weighted by Gasteiger charge is -2.33. The van der Waals surface area contributed by atoms with E-state index in [-0.39, 0.29) is 0 Å². The highest BCUT2D eigenvalue weighted by Gasteiger charge is 2.15. The highest BCUT2D eigenvalue weighted by molar-refractivity contribution is 5.78. The molecule has 180 valence electrons. The third kappa shape index (κ3) is 6.85. The van der Waals surface area contributed by atoms with Crippen molar-refractivity contribution in [1.82, 2.24) is 25.4 Å².